The molecule has 2 aromatic rings. The number of aliphatic carboxylic acids is 1. The molecule has 0 amide bonds. The number of carboxylic acid groups (broad SMARTS) is 1. The Labute approximate surface area is 203 Å². The molecular weight excluding hydrogens is 457 g/mol. The van der Waals surface area contributed by atoms with E-state index in [1.165, 1.54) is 11.8 Å². The van der Waals surface area contributed by atoms with Gasteiger partial charge in [-0.25, -0.2) is 4.39 Å². The Balaban J connectivity index is 1.29. The summed E-state index contributed by atoms with van der Waals surface area (Å²) in [6.07, 6.45) is 1.14. The van der Waals surface area contributed by atoms with Gasteiger partial charge in [-0.1, -0.05) is 18.2 Å². The third kappa shape index (κ3) is 5.25. The van der Waals surface area contributed by atoms with E-state index >= 15 is 0 Å². The second-order valence-corrected chi connectivity index (χ2v) is 10.6. The SMILES string of the molecule is CSc1ccc(CC(C)(C)NCC(O)CO[C@H](C)c2cccc3c2[C@@H]2[C@H](O3)[C@H]2C(=O)O)cc1F. The third-order valence-corrected chi connectivity index (χ3v) is 7.36. The minimum atomic E-state index is -0.837. The number of nitrogens with one attached hydrogen (secondary N) is 1. The van der Waals surface area contributed by atoms with E-state index in [4.69, 9.17) is 9.47 Å². The molecule has 1 heterocycles. The van der Waals surface area contributed by atoms with Gasteiger partial charge in [0.1, 0.15) is 23.6 Å². The molecule has 0 spiro atoms. The van der Waals surface area contributed by atoms with E-state index in [9.17, 15) is 19.4 Å². The molecule has 0 saturated heterocycles. The fraction of sp³-hybridized carbons (Fsp3) is 0.500. The molecule has 4 rings (SSSR count). The van der Waals surface area contributed by atoms with Crippen LogP contribution in [-0.2, 0) is 16.0 Å². The quantitative estimate of drug-likeness (QED) is 0.409. The summed E-state index contributed by atoms with van der Waals surface area (Å²) in [6.45, 7) is 6.39. The molecule has 1 aliphatic carbocycles. The van der Waals surface area contributed by atoms with Gasteiger partial charge in [-0.3, -0.25) is 4.79 Å². The second kappa shape index (κ2) is 9.85. The first-order valence-electron chi connectivity index (χ1n) is 11.5. The van der Waals surface area contributed by atoms with Crippen molar-refractivity contribution in [3.63, 3.8) is 0 Å². The van der Waals surface area contributed by atoms with Crippen LogP contribution < -0.4 is 10.1 Å². The fourth-order valence-corrected chi connectivity index (χ4v) is 5.24. The maximum atomic E-state index is 14.1. The molecule has 0 bridgehead atoms. The molecule has 6 nitrogen and oxygen atoms in total. The van der Waals surface area contributed by atoms with Crippen LogP contribution >= 0.6 is 11.8 Å². The molecule has 2 aliphatic rings. The van der Waals surface area contributed by atoms with Crippen LogP contribution in [0.2, 0.25) is 0 Å². The minimum absolute atomic E-state index is 0.127. The topological polar surface area (TPSA) is 88.0 Å². The van der Waals surface area contributed by atoms with Gasteiger partial charge in [0.2, 0.25) is 0 Å². The summed E-state index contributed by atoms with van der Waals surface area (Å²) in [4.78, 5) is 12.1. The van der Waals surface area contributed by atoms with Crippen LogP contribution in [0.1, 0.15) is 49.5 Å². The predicted octanol–water partition coefficient (Wildman–Crippen LogP) is 4.16. The monoisotopic (exact) mass is 489 g/mol. The first kappa shape index (κ1) is 25.0. The molecule has 1 aliphatic heterocycles. The normalized spacial score (nSPS) is 22.5. The molecule has 2 aromatic carbocycles. The van der Waals surface area contributed by atoms with Gasteiger partial charge in [0.15, 0.2) is 0 Å². The number of carboxylic acids is 1. The number of β-amino-alcohol motifs (C(OH)–C–C–N with tert-alkyl or cyclic N) is 1. The van der Waals surface area contributed by atoms with Crippen LogP contribution in [0.15, 0.2) is 41.3 Å². The van der Waals surface area contributed by atoms with Gasteiger partial charge in [0, 0.05) is 28.5 Å². The minimum Gasteiger partial charge on any atom is -0.489 e. The lowest BCUT2D eigenvalue weighted by atomic mass is 9.94. The first-order chi connectivity index (χ1) is 16.1. The molecule has 8 heteroatoms. The maximum absolute atomic E-state index is 14.1. The lowest BCUT2D eigenvalue weighted by Crippen LogP contribution is -2.46. The lowest BCUT2D eigenvalue weighted by Gasteiger charge is -2.28. The summed E-state index contributed by atoms with van der Waals surface area (Å²) in [7, 11) is 0. The first-order valence-corrected chi connectivity index (χ1v) is 12.7. The molecule has 34 heavy (non-hydrogen) atoms. The van der Waals surface area contributed by atoms with Gasteiger partial charge in [0.05, 0.1) is 18.8 Å². The summed E-state index contributed by atoms with van der Waals surface area (Å²) in [6, 6.07) is 11.0. The third-order valence-electron chi connectivity index (χ3n) is 6.59. The number of halogens is 1. The van der Waals surface area contributed by atoms with E-state index in [0.29, 0.717) is 17.9 Å². The Morgan fingerprint density at radius 3 is 2.76 bits per heavy atom. The smallest absolute Gasteiger partial charge is 0.311 e. The Kier molecular flexibility index (Phi) is 7.24. The number of carbonyl (C=O) groups is 1. The molecule has 0 radical (unpaired) electrons. The van der Waals surface area contributed by atoms with Crippen molar-refractivity contribution in [2.24, 2.45) is 5.92 Å². The van der Waals surface area contributed by atoms with Gasteiger partial charge in [-0.15, -0.1) is 11.8 Å². The maximum Gasteiger partial charge on any atom is 0.311 e. The van der Waals surface area contributed by atoms with Crippen molar-refractivity contribution in [2.45, 2.75) is 61.9 Å². The van der Waals surface area contributed by atoms with Gasteiger partial charge in [-0.2, -0.15) is 0 Å². The summed E-state index contributed by atoms with van der Waals surface area (Å²) in [5.41, 5.74) is 2.38. The Hall–Kier alpha value is -2.13. The van der Waals surface area contributed by atoms with E-state index in [2.05, 4.69) is 5.32 Å². The van der Waals surface area contributed by atoms with E-state index < -0.39 is 18.0 Å². The number of ether oxygens (including phenoxy) is 2. The van der Waals surface area contributed by atoms with E-state index in [0.717, 1.165) is 22.4 Å². The highest BCUT2D eigenvalue weighted by molar-refractivity contribution is 7.98. The van der Waals surface area contributed by atoms with Crippen molar-refractivity contribution in [2.75, 3.05) is 19.4 Å². The van der Waals surface area contributed by atoms with Gasteiger partial charge < -0.3 is 25.0 Å². The molecule has 3 N–H and O–H groups in total. The van der Waals surface area contributed by atoms with Crippen molar-refractivity contribution in [1.29, 1.82) is 0 Å². The zero-order chi connectivity index (χ0) is 24.6. The van der Waals surface area contributed by atoms with Crippen LogP contribution in [0.3, 0.4) is 0 Å². The van der Waals surface area contributed by atoms with Crippen LogP contribution in [0, 0.1) is 11.7 Å². The molecule has 1 saturated carbocycles. The highest BCUT2D eigenvalue weighted by atomic mass is 32.2. The standard InChI is InChI=1S/C26H32FNO5S/c1-14(17-6-5-7-19-21(17)22-23(25(30)31)24(22)33-19)32-13-16(29)12-28-26(2,3)11-15-8-9-20(34-4)18(27)10-15/h5-10,14,16,22-24,28-29H,11-13H2,1-4H3,(H,30,31)/t14-,16?,22+,23+,24+/m1/s1. The fourth-order valence-electron chi connectivity index (χ4n) is 4.78. The molecule has 5 atom stereocenters. The Morgan fingerprint density at radius 2 is 2.09 bits per heavy atom. The number of hydrogen-bond donors (Lipinski definition) is 3. The van der Waals surface area contributed by atoms with Crippen molar-refractivity contribution in [3.05, 3.63) is 58.9 Å². The summed E-state index contributed by atoms with van der Waals surface area (Å²) in [5.74, 6) is -0.948. The number of benzene rings is 2. The van der Waals surface area contributed by atoms with Crippen LogP contribution in [0.5, 0.6) is 5.75 Å². The van der Waals surface area contributed by atoms with Crippen molar-refractivity contribution in [1.82, 2.24) is 5.32 Å². The number of rotatable bonds is 11. The van der Waals surface area contributed by atoms with Gasteiger partial charge in [-0.05, 0) is 62.8 Å². The molecule has 1 unspecified atom stereocenters. The van der Waals surface area contributed by atoms with Crippen LogP contribution in [-0.4, -0.2) is 53.3 Å². The zero-order valence-electron chi connectivity index (χ0n) is 19.9. The molecule has 184 valence electrons. The Bertz CT molecular complexity index is 1060. The van der Waals surface area contributed by atoms with Gasteiger partial charge >= 0.3 is 5.97 Å². The van der Waals surface area contributed by atoms with Crippen molar-refractivity contribution >= 4 is 17.7 Å². The second-order valence-electron chi connectivity index (χ2n) is 9.77. The van der Waals surface area contributed by atoms with E-state index in [1.54, 1.807) is 12.1 Å². The molecule has 1 fully saturated rings. The number of thioether (sulfide) groups is 1. The summed E-state index contributed by atoms with van der Waals surface area (Å²) < 4.78 is 25.8. The van der Waals surface area contributed by atoms with E-state index in [1.807, 2.05) is 51.3 Å². The summed E-state index contributed by atoms with van der Waals surface area (Å²) in [5, 5.41) is 23.2. The lowest BCUT2D eigenvalue weighted by molar-refractivity contribution is -0.139. The van der Waals surface area contributed by atoms with Gasteiger partial charge in [0.25, 0.3) is 0 Å². The van der Waals surface area contributed by atoms with Crippen LogP contribution in [0.4, 0.5) is 4.39 Å². The highest BCUT2D eigenvalue weighted by Gasteiger charge is 2.63. The molecule has 0 aromatic heterocycles. The average Bonchev–Trinajstić information content (AvgIpc) is 3.37. The highest BCUT2D eigenvalue weighted by Crippen LogP contribution is 2.60. The van der Waals surface area contributed by atoms with E-state index in [-0.39, 0.29) is 36.1 Å². The predicted molar refractivity (Wildman–Crippen MR) is 129 cm³/mol. The van der Waals surface area contributed by atoms with Crippen LogP contribution in [0.25, 0.3) is 0 Å². The average molecular weight is 490 g/mol. The van der Waals surface area contributed by atoms with Crippen molar-refractivity contribution < 1.29 is 28.9 Å². The number of aliphatic hydroxyl groups is 1. The summed E-state index contributed by atoms with van der Waals surface area (Å²) >= 11 is 1.38. The Morgan fingerprint density at radius 1 is 1.32 bits per heavy atom. The largest absolute Gasteiger partial charge is 0.489 e. The number of fused-ring (bicyclic) bond motifs is 3. The molecular formula is C26H32FNO5S. The number of aliphatic hydroxyl groups excluding tert-OH is 1. The number of hydrogen-bond acceptors (Lipinski definition) is 6. The zero-order valence-corrected chi connectivity index (χ0v) is 20.7. The van der Waals surface area contributed by atoms with Crippen molar-refractivity contribution in [3.8, 4) is 5.75 Å².